The molecule has 136 valence electrons. The first-order chi connectivity index (χ1) is 12.6. The van der Waals surface area contributed by atoms with Gasteiger partial charge in [0.2, 0.25) is 0 Å². The van der Waals surface area contributed by atoms with Gasteiger partial charge in [-0.05, 0) is 30.7 Å². The molecule has 0 bridgehead atoms. The van der Waals surface area contributed by atoms with Gasteiger partial charge in [-0.15, -0.1) is 0 Å². The monoisotopic (exact) mass is 373 g/mol. The number of rotatable bonds is 6. The van der Waals surface area contributed by atoms with Gasteiger partial charge in [-0.3, -0.25) is 9.20 Å². The van der Waals surface area contributed by atoms with E-state index in [0.717, 1.165) is 12.1 Å². The fourth-order valence-corrected chi connectivity index (χ4v) is 2.98. The number of amides is 1. The predicted molar refractivity (Wildman–Crippen MR) is 102 cm³/mol. The second kappa shape index (κ2) is 7.66. The smallest absolute Gasteiger partial charge is 0.274 e. The molecule has 7 heteroatoms. The summed E-state index contributed by atoms with van der Waals surface area (Å²) in [7, 11) is 3.12. The average molecular weight is 374 g/mol. The van der Waals surface area contributed by atoms with Crippen LogP contribution in [0.3, 0.4) is 0 Å². The number of halogens is 1. The number of aromatic nitrogens is 2. The Labute approximate surface area is 156 Å². The molecule has 0 aliphatic heterocycles. The maximum Gasteiger partial charge on any atom is 0.274 e. The first-order valence-corrected chi connectivity index (χ1v) is 8.65. The topological polar surface area (TPSA) is 64.9 Å². The highest BCUT2D eigenvalue weighted by atomic mass is 35.5. The van der Waals surface area contributed by atoms with Crippen molar-refractivity contribution >= 4 is 28.8 Å². The number of nitrogens with one attached hydrogen (secondary N) is 1. The number of aryl methyl sites for hydroxylation is 1. The van der Waals surface area contributed by atoms with Crippen molar-refractivity contribution in [3.05, 3.63) is 52.9 Å². The van der Waals surface area contributed by atoms with Gasteiger partial charge < -0.3 is 14.8 Å². The number of carbonyl (C=O) groups is 1. The normalized spacial score (nSPS) is 10.8. The number of anilines is 1. The lowest BCUT2D eigenvalue weighted by atomic mass is 10.2. The summed E-state index contributed by atoms with van der Waals surface area (Å²) < 4.78 is 12.2. The van der Waals surface area contributed by atoms with E-state index in [2.05, 4.69) is 10.3 Å². The fraction of sp³-hybridized carbons (Fsp3) is 0.263. The molecule has 0 saturated carbocycles. The van der Waals surface area contributed by atoms with Crippen LogP contribution in [0.2, 0.25) is 5.02 Å². The van der Waals surface area contributed by atoms with Crippen LogP contribution >= 0.6 is 11.6 Å². The number of methoxy groups -OCH3 is 2. The standard InChI is InChI=1S/C19H20ClN3O3/c1-4-5-14-18(23-11-12(20)6-9-17(23)22-14)19(24)21-13-7-8-15(25-2)16(10-13)26-3/h6-11H,4-5H2,1-3H3,(H,21,24). The molecule has 3 rings (SSSR count). The summed E-state index contributed by atoms with van der Waals surface area (Å²) in [5.74, 6) is 0.884. The summed E-state index contributed by atoms with van der Waals surface area (Å²) in [5, 5.41) is 3.44. The minimum atomic E-state index is -0.254. The van der Waals surface area contributed by atoms with Crippen LogP contribution in [0, 0.1) is 0 Å². The van der Waals surface area contributed by atoms with Gasteiger partial charge in [0.15, 0.2) is 11.5 Å². The highest BCUT2D eigenvalue weighted by Crippen LogP contribution is 2.30. The first kappa shape index (κ1) is 18.1. The van der Waals surface area contributed by atoms with Gasteiger partial charge in [0, 0.05) is 18.0 Å². The van der Waals surface area contributed by atoms with Crippen molar-refractivity contribution in [1.29, 1.82) is 0 Å². The van der Waals surface area contributed by atoms with Gasteiger partial charge in [-0.1, -0.05) is 24.9 Å². The third-order valence-electron chi connectivity index (χ3n) is 4.00. The van der Waals surface area contributed by atoms with Gasteiger partial charge in [0.05, 0.1) is 24.9 Å². The van der Waals surface area contributed by atoms with E-state index in [-0.39, 0.29) is 5.91 Å². The van der Waals surface area contributed by atoms with E-state index in [1.807, 2.05) is 6.92 Å². The number of hydrogen-bond donors (Lipinski definition) is 1. The van der Waals surface area contributed by atoms with Gasteiger partial charge in [-0.2, -0.15) is 0 Å². The Kier molecular flexibility index (Phi) is 5.32. The number of pyridine rings is 1. The Morgan fingerprint density at radius 3 is 2.65 bits per heavy atom. The van der Waals surface area contributed by atoms with Crippen LogP contribution in [0.25, 0.3) is 5.65 Å². The molecule has 0 spiro atoms. The molecule has 26 heavy (non-hydrogen) atoms. The maximum atomic E-state index is 13.0. The van der Waals surface area contributed by atoms with E-state index >= 15 is 0 Å². The van der Waals surface area contributed by atoms with E-state index in [4.69, 9.17) is 21.1 Å². The Morgan fingerprint density at radius 2 is 1.96 bits per heavy atom. The summed E-state index contributed by atoms with van der Waals surface area (Å²) >= 11 is 6.10. The van der Waals surface area contributed by atoms with Gasteiger partial charge in [-0.25, -0.2) is 4.98 Å². The quantitative estimate of drug-likeness (QED) is 0.703. The SMILES string of the molecule is CCCc1nc2ccc(Cl)cn2c1C(=O)Nc1ccc(OC)c(OC)c1. The molecule has 0 aliphatic carbocycles. The number of hydrogen-bond acceptors (Lipinski definition) is 4. The lowest BCUT2D eigenvalue weighted by Crippen LogP contribution is -2.16. The Hall–Kier alpha value is -2.73. The summed E-state index contributed by atoms with van der Waals surface area (Å²) in [6.07, 6.45) is 3.29. The summed E-state index contributed by atoms with van der Waals surface area (Å²) in [6.45, 7) is 2.05. The number of imidazole rings is 1. The molecule has 6 nitrogen and oxygen atoms in total. The van der Waals surface area contributed by atoms with Crippen molar-refractivity contribution in [2.75, 3.05) is 19.5 Å². The van der Waals surface area contributed by atoms with Crippen molar-refractivity contribution < 1.29 is 14.3 Å². The fourth-order valence-electron chi connectivity index (χ4n) is 2.82. The molecule has 1 aromatic carbocycles. The van der Waals surface area contributed by atoms with Crippen molar-refractivity contribution in [2.45, 2.75) is 19.8 Å². The molecule has 1 N–H and O–H groups in total. The van der Waals surface area contributed by atoms with Crippen LogP contribution < -0.4 is 14.8 Å². The number of ether oxygens (including phenoxy) is 2. The van der Waals surface area contributed by atoms with Crippen molar-refractivity contribution in [3.63, 3.8) is 0 Å². The molecule has 2 aromatic heterocycles. The van der Waals surface area contributed by atoms with Crippen LogP contribution in [-0.4, -0.2) is 29.5 Å². The minimum Gasteiger partial charge on any atom is -0.493 e. The summed E-state index contributed by atoms with van der Waals surface area (Å²) in [4.78, 5) is 17.5. The van der Waals surface area contributed by atoms with Crippen molar-refractivity contribution in [2.24, 2.45) is 0 Å². The number of benzene rings is 1. The van der Waals surface area contributed by atoms with E-state index in [9.17, 15) is 4.79 Å². The van der Waals surface area contributed by atoms with Crippen molar-refractivity contribution in [3.8, 4) is 11.5 Å². The largest absolute Gasteiger partial charge is 0.493 e. The molecular formula is C19H20ClN3O3. The predicted octanol–water partition coefficient (Wildman–Crippen LogP) is 4.21. The Balaban J connectivity index is 1.99. The van der Waals surface area contributed by atoms with Crippen LogP contribution in [0.5, 0.6) is 11.5 Å². The third kappa shape index (κ3) is 3.46. The highest BCUT2D eigenvalue weighted by Gasteiger charge is 2.19. The van der Waals surface area contributed by atoms with E-state index in [0.29, 0.717) is 40.0 Å². The van der Waals surface area contributed by atoms with Crippen LogP contribution in [0.4, 0.5) is 5.69 Å². The maximum absolute atomic E-state index is 13.0. The van der Waals surface area contributed by atoms with Gasteiger partial charge in [0.25, 0.3) is 5.91 Å². The third-order valence-corrected chi connectivity index (χ3v) is 4.22. The summed E-state index contributed by atoms with van der Waals surface area (Å²) in [6, 6.07) is 8.78. The summed E-state index contributed by atoms with van der Waals surface area (Å²) in [5.41, 5.74) is 2.52. The number of carbonyl (C=O) groups excluding carboxylic acids is 1. The second-order valence-electron chi connectivity index (χ2n) is 5.76. The lowest BCUT2D eigenvalue weighted by Gasteiger charge is -2.11. The van der Waals surface area contributed by atoms with Gasteiger partial charge in [0.1, 0.15) is 11.3 Å². The molecule has 0 unspecified atom stereocenters. The number of fused-ring (bicyclic) bond motifs is 1. The molecule has 2 heterocycles. The minimum absolute atomic E-state index is 0.254. The van der Waals surface area contributed by atoms with Gasteiger partial charge >= 0.3 is 0 Å². The average Bonchev–Trinajstić information content (AvgIpc) is 2.99. The van der Waals surface area contributed by atoms with E-state index in [1.165, 1.54) is 0 Å². The molecule has 0 radical (unpaired) electrons. The zero-order valence-electron chi connectivity index (χ0n) is 14.9. The van der Waals surface area contributed by atoms with Crippen LogP contribution in [-0.2, 0) is 6.42 Å². The Bertz CT molecular complexity index is 953. The molecule has 0 atom stereocenters. The zero-order chi connectivity index (χ0) is 18.7. The lowest BCUT2D eigenvalue weighted by molar-refractivity contribution is 0.102. The van der Waals surface area contributed by atoms with E-state index < -0.39 is 0 Å². The molecule has 1 amide bonds. The second-order valence-corrected chi connectivity index (χ2v) is 6.19. The Morgan fingerprint density at radius 1 is 1.19 bits per heavy atom. The molecule has 0 aliphatic rings. The molecule has 0 fully saturated rings. The molecule has 3 aromatic rings. The zero-order valence-corrected chi connectivity index (χ0v) is 15.6. The van der Waals surface area contributed by atoms with Crippen molar-refractivity contribution in [1.82, 2.24) is 9.38 Å². The number of nitrogens with zero attached hydrogens (tertiary/aromatic N) is 2. The highest BCUT2D eigenvalue weighted by molar-refractivity contribution is 6.30. The molecular weight excluding hydrogens is 354 g/mol. The van der Waals surface area contributed by atoms with E-state index in [1.54, 1.807) is 55.1 Å². The molecule has 0 saturated heterocycles. The van der Waals surface area contributed by atoms with Crippen LogP contribution in [0.15, 0.2) is 36.5 Å². The first-order valence-electron chi connectivity index (χ1n) is 8.27. The van der Waals surface area contributed by atoms with Crippen LogP contribution in [0.1, 0.15) is 29.5 Å².